The van der Waals surface area contributed by atoms with E-state index in [1.807, 2.05) is 0 Å². The SMILES string of the molecule is C[C@H](NC(=O)CN1CCCCCCC1=O)[C@@H](O)c1ccc(F)cc1. The van der Waals surface area contributed by atoms with Gasteiger partial charge in [0.1, 0.15) is 5.82 Å². The van der Waals surface area contributed by atoms with E-state index in [0.717, 1.165) is 25.7 Å². The Balaban J connectivity index is 1.88. The predicted molar refractivity (Wildman–Crippen MR) is 88.6 cm³/mol. The van der Waals surface area contributed by atoms with Gasteiger partial charge in [0, 0.05) is 13.0 Å². The molecule has 2 N–H and O–H groups in total. The van der Waals surface area contributed by atoms with E-state index >= 15 is 0 Å². The van der Waals surface area contributed by atoms with Crippen molar-refractivity contribution in [3.8, 4) is 0 Å². The Kier molecular flexibility index (Phi) is 6.73. The Morgan fingerprint density at radius 3 is 2.62 bits per heavy atom. The number of carbonyl (C=O) groups is 2. The molecule has 2 amide bonds. The Bertz CT molecular complexity index is 562. The number of amides is 2. The number of benzene rings is 1. The summed E-state index contributed by atoms with van der Waals surface area (Å²) in [5.41, 5.74) is 0.534. The van der Waals surface area contributed by atoms with E-state index in [2.05, 4.69) is 5.32 Å². The van der Waals surface area contributed by atoms with E-state index < -0.39 is 12.1 Å². The number of carbonyl (C=O) groups excluding carboxylic acids is 2. The highest BCUT2D eigenvalue weighted by Crippen LogP contribution is 2.17. The number of nitrogens with one attached hydrogen (secondary N) is 1. The first kappa shape index (κ1) is 18.4. The molecule has 1 saturated heterocycles. The van der Waals surface area contributed by atoms with E-state index in [-0.39, 0.29) is 24.2 Å². The van der Waals surface area contributed by atoms with E-state index in [1.165, 1.54) is 24.3 Å². The molecule has 24 heavy (non-hydrogen) atoms. The van der Waals surface area contributed by atoms with E-state index in [0.29, 0.717) is 18.5 Å². The number of likely N-dealkylation sites (tertiary alicyclic amines) is 1. The van der Waals surface area contributed by atoms with Crippen LogP contribution in [0.5, 0.6) is 0 Å². The van der Waals surface area contributed by atoms with Crippen molar-refractivity contribution in [2.24, 2.45) is 0 Å². The molecular formula is C18H25FN2O3. The van der Waals surface area contributed by atoms with Gasteiger partial charge < -0.3 is 15.3 Å². The van der Waals surface area contributed by atoms with Crippen LogP contribution in [0.4, 0.5) is 4.39 Å². The quantitative estimate of drug-likeness (QED) is 0.866. The normalized spacial score (nSPS) is 18.5. The molecule has 1 aliphatic rings. The molecule has 0 spiro atoms. The summed E-state index contributed by atoms with van der Waals surface area (Å²) in [4.78, 5) is 25.8. The second-order valence-electron chi connectivity index (χ2n) is 6.33. The molecule has 0 bridgehead atoms. The minimum Gasteiger partial charge on any atom is -0.386 e. The maximum Gasteiger partial charge on any atom is 0.239 e. The molecule has 1 fully saturated rings. The number of aliphatic hydroxyl groups excluding tert-OH is 1. The summed E-state index contributed by atoms with van der Waals surface area (Å²) in [6, 6.07) is 4.99. The highest BCUT2D eigenvalue weighted by atomic mass is 19.1. The van der Waals surface area contributed by atoms with Crippen LogP contribution >= 0.6 is 0 Å². The second kappa shape index (κ2) is 8.78. The van der Waals surface area contributed by atoms with Crippen molar-refractivity contribution in [1.29, 1.82) is 0 Å². The van der Waals surface area contributed by atoms with Gasteiger partial charge in [-0.15, -0.1) is 0 Å². The van der Waals surface area contributed by atoms with Crippen LogP contribution in [0.2, 0.25) is 0 Å². The molecule has 132 valence electrons. The van der Waals surface area contributed by atoms with E-state index in [4.69, 9.17) is 0 Å². The van der Waals surface area contributed by atoms with Crippen molar-refractivity contribution in [2.75, 3.05) is 13.1 Å². The van der Waals surface area contributed by atoms with Crippen molar-refractivity contribution < 1.29 is 19.1 Å². The average molecular weight is 336 g/mol. The molecule has 2 rings (SSSR count). The molecule has 0 aliphatic carbocycles. The van der Waals surface area contributed by atoms with Crippen molar-refractivity contribution in [3.05, 3.63) is 35.6 Å². The topological polar surface area (TPSA) is 69.6 Å². The summed E-state index contributed by atoms with van der Waals surface area (Å²) >= 11 is 0. The summed E-state index contributed by atoms with van der Waals surface area (Å²) in [7, 11) is 0. The highest BCUT2D eigenvalue weighted by Gasteiger charge is 2.22. The number of hydrogen-bond acceptors (Lipinski definition) is 3. The predicted octanol–water partition coefficient (Wildman–Crippen LogP) is 2.16. The van der Waals surface area contributed by atoms with Gasteiger partial charge in [-0.1, -0.05) is 25.0 Å². The Morgan fingerprint density at radius 2 is 1.92 bits per heavy atom. The fraction of sp³-hybridized carbons (Fsp3) is 0.556. The van der Waals surface area contributed by atoms with Gasteiger partial charge in [0.15, 0.2) is 0 Å². The van der Waals surface area contributed by atoms with E-state index in [9.17, 15) is 19.1 Å². The van der Waals surface area contributed by atoms with Gasteiger partial charge in [0.05, 0.1) is 18.7 Å². The van der Waals surface area contributed by atoms with Crippen LogP contribution in [0.15, 0.2) is 24.3 Å². The third-order valence-electron chi connectivity index (χ3n) is 4.33. The van der Waals surface area contributed by atoms with Crippen molar-refractivity contribution in [3.63, 3.8) is 0 Å². The van der Waals surface area contributed by atoms with Gasteiger partial charge in [-0.25, -0.2) is 4.39 Å². The van der Waals surface area contributed by atoms with Gasteiger partial charge in [-0.05, 0) is 37.5 Å². The van der Waals surface area contributed by atoms with Crippen LogP contribution in [-0.4, -0.2) is 41.0 Å². The number of rotatable bonds is 5. The molecule has 1 aromatic rings. The maximum absolute atomic E-state index is 12.9. The van der Waals surface area contributed by atoms with Crippen LogP contribution in [0, 0.1) is 5.82 Å². The molecule has 0 saturated carbocycles. The largest absolute Gasteiger partial charge is 0.386 e. The first-order chi connectivity index (χ1) is 11.5. The van der Waals surface area contributed by atoms with Gasteiger partial charge >= 0.3 is 0 Å². The second-order valence-corrected chi connectivity index (χ2v) is 6.33. The third kappa shape index (κ3) is 5.30. The standard InChI is InChI=1S/C18H25FN2O3/c1-13(18(24)14-7-9-15(19)10-8-14)20-16(22)12-21-11-5-3-2-4-6-17(21)23/h7-10,13,18,24H,2-6,11-12H2,1H3,(H,20,22)/t13-,18+/m0/s1. The molecule has 2 atom stereocenters. The lowest BCUT2D eigenvalue weighted by molar-refractivity contribution is -0.137. The van der Waals surface area contributed by atoms with Crippen LogP contribution in [0.1, 0.15) is 50.7 Å². The minimum absolute atomic E-state index is 0.0107. The van der Waals surface area contributed by atoms with Gasteiger partial charge in [-0.2, -0.15) is 0 Å². The molecule has 5 nitrogen and oxygen atoms in total. The monoisotopic (exact) mass is 336 g/mol. The summed E-state index contributed by atoms with van der Waals surface area (Å²) in [5.74, 6) is -0.660. The fourth-order valence-corrected chi connectivity index (χ4v) is 2.88. The highest BCUT2D eigenvalue weighted by molar-refractivity contribution is 5.85. The summed E-state index contributed by atoms with van der Waals surface area (Å²) < 4.78 is 12.9. The summed E-state index contributed by atoms with van der Waals surface area (Å²) in [6.45, 7) is 2.29. The van der Waals surface area contributed by atoms with Gasteiger partial charge in [0.2, 0.25) is 11.8 Å². The lowest BCUT2D eigenvalue weighted by atomic mass is 10.0. The van der Waals surface area contributed by atoms with Crippen LogP contribution < -0.4 is 5.32 Å². The molecule has 0 aromatic heterocycles. The number of aliphatic hydroxyl groups is 1. The minimum atomic E-state index is -0.933. The molecular weight excluding hydrogens is 311 g/mol. The van der Waals surface area contributed by atoms with Gasteiger partial charge in [0.25, 0.3) is 0 Å². The first-order valence-electron chi connectivity index (χ1n) is 8.48. The van der Waals surface area contributed by atoms with Crippen LogP contribution in [-0.2, 0) is 9.59 Å². The summed E-state index contributed by atoms with van der Waals surface area (Å²) in [6.07, 6.45) is 3.47. The van der Waals surface area contributed by atoms with Crippen molar-refractivity contribution in [1.82, 2.24) is 10.2 Å². The Morgan fingerprint density at radius 1 is 1.25 bits per heavy atom. The summed E-state index contributed by atoms with van der Waals surface area (Å²) in [5, 5.41) is 13.0. The lowest BCUT2D eigenvalue weighted by Gasteiger charge is -2.26. The van der Waals surface area contributed by atoms with Crippen molar-refractivity contribution in [2.45, 2.75) is 51.2 Å². The van der Waals surface area contributed by atoms with Crippen LogP contribution in [0.3, 0.4) is 0 Å². The lowest BCUT2D eigenvalue weighted by Crippen LogP contribution is -2.45. The van der Waals surface area contributed by atoms with E-state index in [1.54, 1.807) is 11.8 Å². The molecule has 0 unspecified atom stereocenters. The fourth-order valence-electron chi connectivity index (χ4n) is 2.88. The maximum atomic E-state index is 12.9. The van der Waals surface area contributed by atoms with Crippen molar-refractivity contribution >= 4 is 11.8 Å². The molecule has 1 aliphatic heterocycles. The molecule has 1 heterocycles. The molecule has 0 radical (unpaired) electrons. The zero-order valence-corrected chi connectivity index (χ0v) is 14.0. The Hall–Kier alpha value is -1.95. The zero-order chi connectivity index (χ0) is 17.5. The number of halogens is 1. The zero-order valence-electron chi connectivity index (χ0n) is 14.0. The molecule has 6 heteroatoms. The average Bonchev–Trinajstić information content (AvgIpc) is 2.54. The Labute approximate surface area is 141 Å². The number of hydrogen-bond donors (Lipinski definition) is 2. The van der Waals surface area contributed by atoms with Crippen LogP contribution in [0.25, 0.3) is 0 Å². The molecule has 1 aromatic carbocycles. The first-order valence-corrected chi connectivity index (χ1v) is 8.48. The smallest absolute Gasteiger partial charge is 0.239 e. The van der Waals surface area contributed by atoms with Gasteiger partial charge in [-0.3, -0.25) is 9.59 Å². The third-order valence-corrected chi connectivity index (χ3v) is 4.33. The number of nitrogens with zero attached hydrogens (tertiary/aromatic N) is 1.